The van der Waals surface area contributed by atoms with Crippen LogP contribution in [0.1, 0.15) is 296 Å². The Balaban J connectivity index is 4.14. The lowest BCUT2D eigenvalue weighted by Gasteiger charge is -2.25. The second-order valence-electron chi connectivity index (χ2n) is 23.4. The van der Waals surface area contributed by atoms with Crippen LogP contribution in [0.2, 0.25) is 0 Å². The van der Waals surface area contributed by atoms with Gasteiger partial charge in [0.2, 0.25) is 0 Å². The predicted octanol–water partition coefficient (Wildman–Crippen LogP) is 20.1. The van der Waals surface area contributed by atoms with Gasteiger partial charge in [-0.3, -0.25) is 9.59 Å². The molecule has 0 aromatic rings. The number of hydrogen-bond donors (Lipinski definition) is 1. The van der Waals surface area contributed by atoms with E-state index < -0.39 is 24.3 Å². The summed E-state index contributed by atoms with van der Waals surface area (Å²) in [6.07, 6.45) is 77.1. The summed E-state index contributed by atoms with van der Waals surface area (Å²) in [5.41, 5.74) is 0. The summed E-state index contributed by atoms with van der Waals surface area (Å²) in [6.45, 7) is 4.80. The molecule has 1 N–H and O–H groups in total. The minimum absolute atomic E-state index is 0.182. The number of quaternary nitrogens is 1. The van der Waals surface area contributed by atoms with Crippen molar-refractivity contribution in [2.75, 3.05) is 47.5 Å². The van der Waals surface area contributed by atoms with Crippen LogP contribution in [0.3, 0.4) is 0 Å². The molecule has 0 saturated carbocycles. The van der Waals surface area contributed by atoms with E-state index in [1.165, 1.54) is 199 Å². The molecule has 0 saturated heterocycles. The summed E-state index contributed by atoms with van der Waals surface area (Å²) in [7, 11) is 5.98. The van der Waals surface area contributed by atoms with Gasteiger partial charge in [0, 0.05) is 12.8 Å². The van der Waals surface area contributed by atoms with Gasteiger partial charge >= 0.3 is 17.9 Å². The number of carboxylic acids is 1. The standard InChI is InChI=1S/C70H125NO8/c1-6-8-10-12-14-16-18-20-22-24-26-28-30-31-32-33-34-35-36-37-39-41-43-45-47-49-51-53-55-57-59-61-68(73)79-66(65-78-70(69(74)75)76-63-62-71(3,4)5)64-77-67(72)60-58-56-54-52-50-48-46-44-42-40-38-29-27-25-23-21-19-17-15-13-11-9-7-2/h8,10,14,16,20,22,25-28,31-32,66,70H,6-7,9,11-13,15,17-19,21,23-24,29-30,33-65H2,1-5H3/p+1/b10-8-,16-14-,22-20-,27-25-,28-26-,32-31-. The van der Waals surface area contributed by atoms with Crippen molar-refractivity contribution in [3.8, 4) is 0 Å². The van der Waals surface area contributed by atoms with Crippen molar-refractivity contribution >= 4 is 17.9 Å². The van der Waals surface area contributed by atoms with Crippen LogP contribution in [0.5, 0.6) is 0 Å². The fourth-order valence-corrected chi connectivity index (χ4v) is 9.39. The molecule has 0 radical (unpaired) electrons. The van der Waals surface area contributed by atoms with Crippen molar-refractivity contribution in [3.05, 3.63) is 72.9 Å². The molecule has 0 aliphatic rings. The van der Waals surface area contributed by atoms with E-state index in [1.807, 2.05) is 21.1 Å². The molecule has 0 aliphatic heterocycles. The van der Waals surface area contributed by atoms with E-state index >= 15 is 0 Å². The number of carbonyl (C=O) groups is 3. The highest BCUT2D eigenvalue weighted by molar-refractivity contribution is 5.71. The van der Waals surface area contributed by atoms with E-state index in [0.717, 1.165) is 70.6 Å². The molecule has 0 heterocycles. The lowest BCUT2D eigenvalue weighted by molar-refractivity contribution is -0.870. The van der Waals surface area contributed by atoms with Gasteiger partial charge < -0.3 is 28.5 Å². The molecule has 2 unspecified atom stereocenters. The summed E-state index contributed by atoms with van der Waals surface area (Å²) in [5, 5.41) is 9.73. The monoisotopic (exact) mass is 1110 g/mol. The molecule has 9 heteroatoms. The number of carboxylic acid groups (broad SMARTS) is 1. The predicted molar refractivity (Wildman–Crippen MR) is 336 cm³/mol. The highest BCUT2D eigenvalue weighted by Gasteiger charge is 2.25. The molecule has 0 spiro atoms. The molecule has 79 heavy (non-hydrogen) atoms. The number of carbonyl (C=O) groups excluding carboxylic acids is 2. The van der Waals surface area contributed by atoms with E-state index in [0.29, 0.717) is 17.4 Å². The smallest absolute Gasteiger partial charge is 0.361 e. The summed E-state index contributed by atoms with van der Waals surface area (Å²) >= 11 is 0. The Labute approximate surface area is 487 Å². The van der Waals surface area contributed by atoms with Crippen LogP contribution in [-0.2, 0) is 33.3 Å². The minimum atomic E-state index is -1.51. The average Bonchev–Trinajstić information content (AvgIpc) is 3.42. The third-order valence-corrected chi connectivity index (χ3v) is 14.4. The Kier molecular flexibility index (Phi) is 58.3. The second kappa shape index (κ2) is 60.8. The summed E-state index contributed by atoms with van der Waals surface area (Å²) in [6, 6.07) is 0. The molecule has 0 aromatic carbocycles. The van der Waals surface area contributed by atoms with Gasteiger partial charge in [-0.05, 0) is 83.5 Å². The fourth-order valence-electron chi connectivity index (χ4n) is 9.39. The minimum Gasteiger partial charge on any atom is -0.477 e. The number of esters is 2. The van der Waals surface area contributed by atoms with Crippen molar-refractivity contribution in [1.82, 2.24) is 0 Å². The van der Waals surface area contributed by atoms with E-state index in [1.54, 1.807) is 0 Å². The first-order chi connectivity index (χ1) is 38.6. The normalized spacial score (nSPS) is 13.2. The fraction of sp³-hybridized carbons (Fsp3) is 0.786. The number of hydrogen-bond acceptors (Lipinski definition) is 7. The van der Waals surface area contributed by atoms with Gasteiger partial charge in [0.25, 0.3) is 6.29 Å². The Morgan fingerprint density at radius 2 is 0.722 bits per heavy atom. The maximum atomic E-state index is 12.9. The zero-order valence-electron chi connectivity index (χ0n) is 52.3. The lowest BCUT2D eigenvalue weighted by atomic mass is 10.0. The van der Waals surface area contributed by atoms with Gasteiger partial charge in [-0.1, -0.05) is 273 Å². The first-order valence-corrected chi connectivity index (χ1v) is 33.1. The molecule has 9 nitrogen and oxygen atoms in total. The molecule has 0 aromatic heterocycles. The van der Waals surface area contributed by atoms with Crippen molar-refractivity contribution in [2.24, 2.45) is 0 Å². The van der Waals surface area contributed by atoms with Crippen LogP contribution in [0.15, 0.2) is 72.9 Å². The topological polar surface area (TPSA) is 108 Å². The van der Waals surface area contributed by atoms with Gasteiger partial charge in [-0.25, -0.2) is 4.79 Å². The van der Waals surface area contributed by atoms with Gasteiger partial charge in [-0.2, -0.15) is 0 Å². The van der Waals surface area contributed by atoms with Crippen molar-refractivity contribution in [2.45, 2.75) is 309 Å². The van der Waals surface area contributed by atoms with Crippen molar-refractivity contribution < 1.29 is 42.9 Å². The quantitative estimate of drug-likeness (QED) is 0.0211. The highest BCUT2D eigenvalue weighted by Crippen LogP contribution is 2.17. The van der Waals surface area contributed by atoms with Gasteiger partial charge in [0.1, 0.15) is 13.2 Å². The average molecular weight is 1110 g/mol. The van der Waals surface area contributed by atoms with Crippen LogP contribution in [0, 0.1) is 0 Å². The van der Waals surface area contributed by atoms with E-state index in [-0.39, 0.29) is 32.2 Å². The summed E-state index contributed by atoms with van der Waals surface area (Å²) < 4.78 is 23.0. The summed E-state index contributed by atoms with van der Waals surface area (Å²) in [4.78, 5) is 37.6. The van der Waals surface area contributed by atoms with Gasteiger partial charge in [0.05, 0.1) is 34.4 Å². The lowest BCUT2D eigenvalue weighted by Crippen LogP contribution is -2.40. The SMILES string of the molecule is CC/C=C\C/C=C\C/C=C\C/C=C\C/C=C\CCCCCCCCCCCCCCCCCC(=O)OC(COC(=O)CCCCCCCCCCCCC/C=C\CCCCCCCCCC)COC(OCC[N+](C)(C)C)C(=O)O. The third-order valence-electron chi connectivity index (χ3n) is 14.4. The number of unbranched alkanes of at least 4 members (excludes halogenated alkanes) is 34. The number of nitrogens with zero attached hydrogens (tertiary/aromatic N) is 1. The molecule has 0 rings (SSSR count). The molecular weight excluding hydrogens is 983 g/mol. The van der Waals surface area contributed by atoms with Crippen LogP contribution in [0.4, 0.5) is 0 Å². The van der Waals surface area contributed by atoms with E-state index in [9.17, 15) is 19.5 Å². The Hall–Kier alpha value is -3.27. The molecule has 2 atom stereocenters. The van der Waals surface area contributed by atoms with Crippen molar-refractivity contribution in [1.29, 1.82) is 0 Å². The van der Waals surface area contributed by atoms with Crippen molar-refractivity contribution in [3.63, 3.8) is 0 Å². The number of rotatable bonds is 61. The number of ether oxygens (including phenoxy) is 4. The maximum Gasteiger partial charge on any atom is 0.361 e. The zero-order chi connectivity index (χ0) is 57.6. The van der Waals surface area contributed by atoms with E-state index in [2.05, 4.69) is 86.8 Å². The first kappa shape index (κ1) is 75.7. The molecule has 0 fully saturated rings. The van der Waals surface area contributed by atoms with Crippen LogP contribution < -0.4 is 0 Å². The van der Waals surface area contributed by atoms with Crippen LogP contribution in [-0.4, -0.2) is 87.4 Å². The summed E-state index contributed by atoms with van der Waals surface area (Å²) in [5.74, 6) is -1.99. The largest absolute Gasteiger partial charge is 0.477 e. The molecule has 0 bridgehead atoms. The molecule has 0 amide bonds. The molecule has 458 valence electrons. The maximum absolute atomic E-state index is 12.9. The Bertz CT molecular complexity index is 1520. The zero-order valence-corrected chi connectivity index (χ0v) is 52.3. The molecular formula is C70H126NO8+. The van der Waals surface area contributed by atoms with E-state index in [4.69, 9.17) is 18.9 Å². The number of likely N-dealkylation sites (N-methyl/N-ethyl adjacent to an activating group) is 1. The van der Waals surface area contributed by atoms with Crippen LogP contribution >= 0.6 is 0 Å². The highest BCUT2D eigenvalue weighted by atomic mass is 16.7. The second-order valence-corrected chi connectivity index (χ2v) is 23.4. The number of aliphatic carboxylic acids is 1. The first-order valence-electron chi connectivity index (χ1n) is 33.1. The van der Waals surface area contributed by atoms with Crippen LogP contribution in [0.25, 0.3) is 0 Å². The molecule has 0 aliphatic carbocycles. The third kappa shape index (κ3) is 62.2. The van der Waals surface area contributed by atoms with Gasteiger partial charge in [-0.15, -0.1) is 0 Å². The Morgan fingerprint density at radius 1 is 0.392 bits per heavy atom. The Morgan fingerprint density at radius 3 is 1.09 bits per heavy atom. The van der Waals surface area contributed by atoms with Gasteiger partial charge in [0.15, 0.2) is 6.10 Å². The number of allylic oxidation sites excluding steroid dienone is 12.